The fraction of sp³-hybridized carbons (Fsp3) is 0.533. The first-order valence-corrected chi connectivity index (χ1v) is 13.1. The van der Waals surface area contributed by atoms with Crippen LogP contribution in [0.1, 0.15) is 112 Å². The predicted octanol–water partition coefficient (Wildman–Crippen LogP) is 8.27. The average molecular weight is 464 g/mol. The number of rotatable bonds is 18. The van der Waals surface area contributed by atoms with Crippen LogP contribution in [0.5, 0.6) is 11.5 Å². The number of unbranched alkanes of at least 4 members (excludes halogenated alkanes) is 10. The lowest BCUT2D eigenvalue weighted by Crippen LogP contribution is -2.06. The van der Waals surface area contributed by atoms with Crippen LogP contribution in [-0.4, -0.2) is 19.0 Å². The van der Waals surface area contributed by atoms with Crippen LogP contribution in [0.15, 0.2) is 42.5 Å². The van der Waals surface area contributed by atoms with Gasteiger partial charge in [-0.25, -0.2) is 0 Å². The Morgan fingerprint density at radius 3 is 1.74 bits per heavy atom. The summed E-state index contributed by atoms with van der Waals surface area (Å²) in [4.78, 5) is 13.0. The van der Waals surface area contributed by atoms with Gasteiger partial charge in [0.2, 0.25) is 0 Å². The van der Waals surface area contributed by atoms with Crippen molar-refractivity contribution in [1.29, 1.82) is 5.26 Å². The molecule has 0 aliphatic carbocycles. The first-order chi connectivity index (χ1) is 16.7. The van der Waals surface area contributed by atoms with Crippen LogP contribution in [0, 0.1) is 11.3 Å². The van der Waals surface area contributed by atoms with Crippen LogP contribution in [-0.2, 0) is 0 Å². The Hall–Kier alpha value is -2.80. The van der Waals surface area contributed by atoms with Crippen LogP contribution in [0.3, 0.4) is 0 Å². The van der Waals surface area contributed by atoms with Crippen molar-refractivity contribution in [2.45, 2.75) is 90.9 Å². The van der Waals surface area contributed by atoms with E-state index < -0.39 is 0 Å². The van der Waals surface area contributed by atoms with E-state index in [9.17, 15) is 4.79 Å². The Kier molecular flexibility index (Phi) is 13.5. The molecule has 2 aromatic rings. The zero-order chi connectivity index (χ0) is 24.4. The van der Waals surface area contributed by atoms with Crippen LogP contribution < -0.4 is 9.47 Å². The molecule has 4 nitrogen and oxygen atoms in total. The van der Waals surface area contributed by atoms with Crippen molar-refractivity contribution in [3.63, 3.8) is 0 Å². The number of nitriles is 1. The van der Waals surface area contributed by atoms with Crippen LogP contribution >= 0.6 is 0 Å². The molecule has 0 N–H and O–H groups in total. The molecule has 0 saturated heterocycles. The van der Waals surface area contributed by atoms with Gasteiger partial charge >= 0.3 is 0 Å². The minimum absolute atomic E-state index is 0.0867. The van der Waals surface area contributed by atoms with Crippen molar-refractivity contribution in [1.82, 2.24) is 0 Å². The molecule has 0 aromatic heterocycles. The summed E-state index contributed by atoms with van der Waals surface area (Å²) >= 11 is 0. The minimum atomic E-state index is -0.0867. The van der Waals surface area contributed by atoms with Gasteiger partial charge in [0.05, 0.1) is 24.8 Å². The number of benzene rings is 2. The smallest absolute Gasteiger partial charge is 0.193 e. The van der Waals surface area contributed by atoms with E-state index in [0.29, 0.717) is 41.4 Å². The van der Waals surface area contributed by atoms with Crippen LogP contribution in [0.25, 0.3) is 0 Å². The summed E-state index contributed by atoms with van der Waals surface area (Å²) in [5.74, 6) is 1.26. The molecule has 4 heteroatoms. The summed E-state index contributed by atoms with van der Waals surface area (Å²) in [6.07, 6.45) is 14.5. The van der Waals surface area contributed by atoms with Gasteiger partial charge < -0.3 is 9.47 Å². The molecule has 0 aliphatic heterocycles. The second kappa shape index (κ2) is 16.8. The van der Waals surface area contributed by atoms with E-state index in [2.05, 4.69) is 19.9 Å². The maximum atomic E-state index is 13.0. The normalized spacial score (nSPS) is 10.6. The second-order valence-corrected chi connectivity index (χ2v) is 8.91. The average Bonchev–Trinajstić information content (AvgIpc) is 2.87. The van der Waals surface area contributed by atoms with E-state index in [1.807, 2.05) is 6.07 Å². The quantitative estimate of drug-likeness (QED) is 0.165. The first kappa shape index (κ1) is 27.4. The largest absolute Gasteiger partial charge is 0.490 e. The fourth-order valence-electron chi connectivity index (χ4n) is 3.87. The van der Waals surface area contributed by atoms with E-state index in [4.69, 9.17) is 14.7 Å². The van der Waals surface area contributed by atoms with E-state index in [0.717, 1.165) is 19.3 Å². The van der Waals surface area contributed by atoms with Gasteiger partial charge in [-0.3, -0.25) is 4.79 Å². The lowest BCUT2D eigenvalue weighted by atomic mass is 10.0. The maximum absolute atomic E-state index is 13.0. The molecule has 2 aromatic carbocycles. The summed E-state index contributed by atoms with van der Waals surface area (Å²) in [5.41, 5.74) is 1.66. The molecule has 0 atom stereocenters. The predicted molar refractivity (Wildman–Crippen MR) is 139 cm³/mol. The van der Waals surface area contributed by atoms with Gasteiger partial charge in [0.25, 0.3) is 0 Å². The van der Waals surface area contributed by atoms with Gasteiger partial charge in [-0.1, -0.05) is 78.1 Å². The van der Waals surface area contributed by atoms with Crippen LogP contribution in [0.4, 0.5) is 0 Å². The maximum Gasteiger partial charge on any atom is 0.193 e. The SMILES string of the molecule is CCCCCCCCOc1ccc(C(=O)c2ccc(C#N)cc2)cc1OCCCCCCCC. The molecular formula is C30H41NO3. The molecule has 0 fully saturated rings. The molecule has 184 valence electrons. The summed E-state index contributed by atoms with van der Waals surface area (Å²) in [5, 5.41) is 8.99. The van der Waals surface area contributed by atoms with Crippen molar-refractivity contribution in [3.8, 4) is 17.6 Å². The van der Waals surface area contributed by atoms with Gasteiger partial charge in [0.1, 0.15) is 0 Å². The number of ketones is 1. The number of carbonyl (C=O) groups excluding carboxylic acids is 1. The van der Waals surface area contributed by atoms with Gasteiger partial charge in [-0.2, -0.15) is 5.26 Å². The molecule has 0 heterocycles. The molecule has 0 radical (unpaired) electrons. The van der Waals surface area contributed by atoms with Crippen molar-refractivity contribution in [2.24, 2.45) is 0 Å². The summed E-state index contributed by atoms with van der Waals surface area (Å²) < 4.78 is 12.1. The van der Waals surface area contributed by atoms with Gasteiger partial charge in [-0.15, -0.1) is 0 Å². The molecule has 0 spiro atoms. The highest BCUT2D eigenvalue weighted by molar-refractivity contribution is 6.09. The Bertz CT molecular complexity index is 883. The number of hydrogen-bond acceptors (Lipinski definition) is 4. The van der Waals surface area contributed by atoms with E-state index in [1.165, 1.54) is 57.8 Å². The zero-order valence-corrected chi connectivity index (χ0v) is 21.1. The highest BCUT2D eigenvalue weighted by Gasteiger charge is 2.14. The van der Waals surface area contributed by atoms with Gasteiger partial charge in [0.15, 0.2) is 17.3 Å². The number of ether oxygens (including phenoxy) is 2. The lowest BCUT2D eigenvalue weighted by molar-refractivity contribution is 0.103. The Morgan fingerprint density at radius 2 is 1.18 bits per heavy atom. The zero-order valence-electron chi connectivity index (χ0n) is 21.1. The van der Waals surface area contributed by atoms with E-state index in [-0.39, 0.29) is 5.78 Å². The first-order valence-electron chi connectivity index (χ1n) is 13.1. The van der Waals surface area contributed by atoms with Gasteiger partial charge in [0, 0.05) is 11.1 Å². The highest BCUT2D eigenvalue weighted by atomic mass is 16.5. The van der Waals surface area contributed by atoms with Crippen molar-refractivity contribution < 1.29 is 14.3 Å². The van der Waals surface area contributed by atoms with Crippen molar-refractivity contribution >= 4 is 5.78 Å². The van der Waals surface area contributed by atoms with Gasteiger partial charge in [-0.05, 0) is 55.3 Å². The standard InChI is InChI=1S/C30H41NO3/c1-3-5-7-9-11-13-21-33-28-20-19-27(30(32)26-17-15-25(24-31)16-18-26)23-29(28)34-22-14-12-10-8-6-4-2/h15-20,23H,3-14,21-22H2,1-2H3. The number of carbonyl (C=O) groups is 1. The fourth-order valence-corrected chi connectivity index (χ4v) is 3.87. The summed E-state index contributed by atoms with van der Waals surface area (Å²) in [7, 11) is 0. The number of nitrogens with zero attached hydrogens (tertiary/aromatic N) is 1. The monoisotopic (exact) mass is 463 g/mol. The summed E-state index contributed by atoms with van der Waals surface area (Å²) in [6, 6.07) is 14.3. The Balaban J connectivity index is 1.99. The lowest BCUT2D eigenvalue weighted by Gasteiger charge is -2.14. The Morgan fingerprint density at radius 1 is 0.676 bits per heavy atom. The third kappa shape index (κ3) is 10.00. The number of hydrogen-bond donors (Lipinski definition) is 0. The second-order valence-electron chi connectivity index (χ2n) is 8.91. The molecule has 0 unspecified atom stereocenters. The Labute approximate surface area is 206 Å². The highest BCUT2D eigenvalue weighted by Crippen LogP contribution is 2.30. The van der Waals surface area contributed by atoms with E-state index >= 15 is 0 Å². The molecule has 2 rings (SSSR count). The van der Waals surface area contributed by atoms with Crippen LogP contribution in [0.2, 0.25) is 0 Å². The van der Waals surface area contributed by atoms with Crippen molar-refractivity contribution in [3.05, 3.63) is 59.2 Å². The molecule has 0 bridgehead atoms. The van der Waals surface area contributed by atoms with Crippen molar-refractivity contribution in [2.75, 3.05) is 13.2 Å². The molecule has 0 amide bonds. The minimum Gasteiger partial charge on any atom is -0.490 e. The topological polar surface area (TPSA) is 59.3 Å². The van der Waals surface area contributed by atoms with E-state index in [1.54, 1.807) is 36.4 Å². The third-order valence-electron chi connectivity index (χ3n) is 5.99. The molecular weight excluding hydrogens is 422 g/mol. The molecule has 34 heavy (non-hydrogen) atoms. The molecule has 0 aliphatic rings. The summed E-state index contributed by atoms with van der Waals surface area (Å²) in [6.45, 7) is 5.73. The third-order valence-corrected chi connectivity index (χ3v) is 5.99. The molecule has 0 saturated carbocycles.